The summed E-state index contributed by atoms with van der Waals surface area (Å²) in [6.45, 7) is 8.62. The highest BCUT2D eigenvalue weighted by molar-refractivity contribution is 9.10. The van der Waals surface area contributed by atoms with Crippen LogP contribution in [0.5, 0.6) is 0 Å². The molecule has 0 bridgehead atoms. The molecule has 0 amide bonds. The van der Waals surface area contributed by atoms with E-state index in [1.165, 1.54) is 0 Å². The summed E-state index contributed by atoms with van der Waals surface area (Å²) in [4.78, 5) is 21.4. The average molecular weight is 385 g/mol. The number of halogens is 1. The highest BCUT2D eigenvalue weighted by Gasteiger charge is 2.35. The predicted molar refractivity (Wildman–Crippen MR) is 102 cm³/mol. The molecule has 1 aromatic carbocycles. The second-order valence-corrected chi connectivity index (χ2v) is 8.89. The van der Waals surface area contributed by atoms with Crippen molar-refractivity contribution in [1.29, 1.82) is 0 Å². The first-order valence-corrected chi connectivity index (χ1v) is 9.23. The van der Waals surface area contributed by atoms with Gasteiger partial charge in [-0.15, -0.1) is 0 Å². The number of benzene rings is 1. The van der Waals surface area contributed by atoms with Crippen LogP contribution >= 0.6 is 15.9 Å². The van der Waals surface area contributed by atoms with Gasteiger partial charge in [-0.25, -0.2) is 0 Å². The number of H-pyrrole nitrogens is 1. The zero-order chi connectivity index (χ0) is 17.2. The molecule has 0 fully saturated rings. The Morgan fingerprint density at radius 1 is 1.25 bits per heavy atom. The van der Waals surface area contributed by atoms with Crippen molar-refractivity contribution >= 4 is 43.5 Å². The van der Waals surface area contributed by atoms with Crippen molar-refractivity contribution < 1.29 is 4.79 Å². The lowest BCUT2D eigenvalue weighted by molar-refractivity contribution is 0.0912. The first kappa shape index (κ1) is 15.8. The number of fused-ring (bicyclic) bond motifs is 5. The van der Waals surface area contributed by atoms with Crippen LogP contribution in [-0.4, -0.2) is 15.8 Å². The number of Topliss-reactive ketones (excluding diaryl/α,β-unsaturated/α-hetero) is 1. The minimum atomic E-state index is -0.0221. The van der Waals surface area contributed by atoms with E-state index in [0.29, 0.717) is 12.3 Å². The number of carbonyl (C=O) groups excluding carboxylic acids is 1. The van der Waals surface area contributed by atoms with Crippen molar-refractivity contribution in [1.82, 2.24) is 9.97 Å². The molecule has 4 heteroatoms. The molecule has 2 aromatic heterocycles. The molecule has 1 aliphatic carbocycles. The third-order valence-electron chi connectivity index (χ3n) is 4.92. The Labute approximate surface area is 150 Å². The van der Waals surface area contributed by atoms with Gasteiger partial charge in [-0.2, -0.15) is 0 Å². The molecule has 2 heterocycles. The fraction of sp³-hybridized carbons (Fsp3) is 0.400. The maximum absolute atomic E-state index is 13.0. The smallest absolute Gasteiger partial charge is 0.165 e. The normalized spacial score (nSPS) is 17.0. The Balaban J connectivity index is 2.19. The number of hydrogen-bond acceptors (Lipinski definition) is 2. The van der Waals surface area contributed by atoms with E-state index in [-0.39, 0.29) is 11.2 Å². The van der Waals surface area contributed by atoms with Crippen molar-refractivity contribution in [3.63, 3.8) is 0 Å². The second kappa shape index (κ2) is 5.16. The Kier molecular flexibility index (Phi) is 3.40. The third kappa shape index (κ3) is 2.31. The number of aromatic nitrogens is 2. The summed E-state index contributed by atoms with van der Waals surface area (Å²) >= 11 is 3.57. The van der Waals surface area contributed by atoms with E-state index in [9.17, 15) is 4.79 Å². The maximum Gasteiger partial charge on any atom is 0.165 e. The number of aromatic amines is 1. The standard InChI is InChI=1S/C20H21BrN2O/c1-10(2)18-19-16(12-7-11(21)5-6-13(12)22-19)17-14(23-18)8-20(3,4)9-15(17)24/h5-7,10,22H,8-9H2,1-4H3. The number of carbonyl (C=O) groups is 1. The fourth-order valence-corrected chi connectivity index (χ4v) is 4.26. The molecule has 0 atom stereocenters. The summed E-state index contributed by atoms with van der Waals surface area (Å²) in [6.07, 6.45) is 1.43. The van der Waals surface area contributed by atoms with Crippen molar-refractivity contribution in [2.24, 2.45) is 5.41 Å². The lowest BCUT2D eigenvalue weighted by Gasteiger charge is -2.30. The van der Waals surface area contributed by atoms with Crippen molar-refractivity contribution in [2.45, 2.75) is 46.5 Å². The number of nitrogens with one attached hydrogen (secondary N) is 1. The molecular formula is C20H21BrN2O. The Bertz CT molecular complexity index is 998. The first-order chi connectivity index (χ1) is 11.3. The quantitative estimate of drug-likeness (QED) is 0.579. The van der Waals surface area contributed by atoms with Crippen LogP contribution in [0.3, 0.4) is 0 Å². The van der Waals surface area contributed by atoms with E-state index in [4.69, 9.17) is 4.98 Å². The van der Waals surface area contributed by atoms with Gasteiger partial charge in [0.2, 0.25) is 0 Å². The summed E-state index contributed by atoms with van der Waals surface area (Å²) < 4.78 is 1.02. The Morgan fingerprint density at radius 2 is 2.00 bits per heavy atom. The molecule has 0 radical (unpaired) electrons. The fourth-order valence-electron chi connectivity index (χ4n) is 3.90. The molecule has 1 N–H and O–H groups in total. The highest BCUT2D eigenvalue weighted by Crippen LogP contribution is 2.41. The molecule has 0 saturated carbocycles. The van der Waals surface area contributed by atoms with E-state index in [2.05, 4.69) is 60.7 Å². The van der Waals surface area contributed by atoms with E-state index in [1.807, 2.05) is 6.07 Å². The molecule has 124 valence electrons. The molecule has 0 aliphatic heterocycles. The number of hydrogen-bond donors (Lipinski definition) is 1. The lowest BCUT2D eigenvalue weighted by atomic mass is 9.74. The van der Waals surface area contributed by atoms with Crippen molar-refractivity contribution in [3.8, 4) is 0 Å². The topological polar surface area (TPSA) is 45.8 Å². The second-order valence-electron chi connectivity index (χ2n) is 7.98. The number of pyridine rings is 1. The van der Waals surface area contributed by atoms with Crippen LogP contribution in [0.15, 0.2) is 22.7 Å². The van der Waals surface area contributed by atoms with Crippen LogP contribution in [0.2, 0.25) is 0 Å². The van der Waals surface area contributed by atoms with Crippen molar-refractivity contribution in [3.05, 3.63) is 39.6 Å². The van der Waals surface area contributed by atoms with Gasteiger partial charge in [0.15, 0.2) is 5.78 Å². The zero-order valence-corrected chi connectivity index (χ0v) is 16.0. The molecule has 24 heavy (non-hydrogen) atoms. The molecule has 0 saturated heterocycles. The molecule has 4 rings (SSSR count). The van der Waals surface area contributed by atoms with Gasteiger partial charge in [0.1, 0.15) is 0 Å². The maximum atomic E-state index is 13.0. The zero-order valence-electron chi connectivity index (χ0n) is 14.5. The molecule has 0 unspecified atom stereocenters. The minimum Gasteiger partial charge on any atom is -0.353 e. The molecule has 1 aliphatic rings. The SMILES string of the molecule is CC(C)c1nc2c(c3c1[nH]c1ccc(Br)cc13)C(=O)CC(C)(C)C2. The van der Waals surface area contributed by atoms with Crippen molar-refractivity contribution in [2.75, 3.05) is 0 Å². The van der Waals surface area contributed by atoms with Gasteiger partial charge in [0.25, 0.3) is 0 Å². The summed E-state index contributed by atoms with van der Waals surface area (Å²) in [6, 6.07) is 6.19. The van der Waals surface area contributed by atoms with E-state index in [1.54, 1.807) is 0 Å². The molecule has 3 nitrogen and oxygen atoms in total. The van der Waals surface area contributed by atoms with Gasteiger partial charge in [-0.3, -0.25) is 9.78 Å². The van der Waals surface area contributed by atoms with Crippen LogP contribution in [-0.2, 0) is 6.42 Å². The Morgan fingerprint density at radius 3 is 2.71 bits per heavy atom. The van der Waals surface area contributed by atoms with Crippen LogP contribution in [0.4, 0.5) is 0 Å². The van der Waals surface area contributed by atoms with Crippen LogP contribution in [0.1, 0.15) is 61.8 Å². The highest BCUT2D eigenvalue weighted by atomic mass is 79.9. The molecule has 3 aromatic rings. The molecular weight excluding hydrogens is 364 g/mol. The first-order valence-electron chi connectivity index (χ1n) is 8.44. The summed E-state index contributed by atoms with van der Waals surface area (Å²) in [5.41, 5.74) is 4.91. The average Bonchev–Trinajstić information content (AvgIpc) is 2.83. The van der Waals surface area contributed by atoms with Crippen LogP contribution in [0, 0.1) is 5.41 Å². The summed E-state index contributed by atoms with van der Waals surface area (Å²) in [7, 11) is 0. The predicted octanol–water partition coefficient (Wildman–Crippen LogP) is 5.76. The van der Waals surface area contributed by atoms with Gasteiger partial charge >= 0.3 is 0 Å². The monoisotopic (exact) mass is 384 g/mol. The third-order valence-corrected chi connectivity index (χ3v) is 5.41. The summed E-state index contributed by atoms with van der Waals surface area (Å²) in [5.74, 6) is 0.518. The summed E-state index contributed by atoms with van der Waals surface area (Å²) in [5, 5.41) is 2.16. The number of ketones is 1. The van der Waals surface area contributed by atoms with Gasteiger partial charge in [0, 0.05) is 32.7 Å². The minimum absolute atomic E-state index is 0.0221. The van der Waals surface area contributed by atoms with E-state index in [0.717, 1.165) is 49.7 Å². The number of rotatable bonds is 1. The van der Waals surface area contributed by atoms with Crippen LogP contribution < -0.4 is 0 Å². The largest absolute Gasteiger partial charge is 0.353 e. The molecule has 0 spiro atoms. The van der Waals surface area contributed by atoms with Gasteiger partial charge in [-0.1, -0.05) is 43.6 Å². The van der Waals surface area contributed by atoms with Gasteiger partial charge in [-0.05, 0) is 36.0 Å². The van der Waals surface area contributed by atoms with Gasteiger partial charge in [0.05, 0.1) is 16.9 Å². The van der Waals surface area contributed by atoms with E-state index < -0.39 is 0 Å². The van der Waals surface area contributed by atoms with Crippen LogP contribution in [0.25, 0.3) is 21.8 Å². The van der Waals surface area contributed by atoms with Gasteiger partial charge < -0.3 is 4.98 Å². The Hall–Kier alpha value is -1.68. The lowest BCUT2D eigenvalue weighted by Crippen LogP contribution is -2.28. The number of nitrogens with zero attached hydrogens (tertiary/aromatic N) is 1. The van der Waals surface area contributed by atoms with E-state index >= 15 is 0 Å².